The molecule has 0 radical (unpaired) electrons. The smallest absolute Gasteiger partial charge is 0.0720 e. The number of rotatable bonds is 7. The molecular formula is C19H31NO. The van der Waals surface area contributed by atoms with Crippen molar-refractivity contribution in [2.45, 2.75) is 59.2 Å². The minimum absolute atomic E-state index is 0.456. The van der Waals surface area contributed by atoms with Crippen LogP contribution in [0.1, 0.15) is 51.2 Å². The van der Waals surface area contributed by atoms with Gasteiger partial charge in [-0.3, -0.25) is 0 Å². The molecular weight excluding hydrogens is 258 g/mol. The van der Waals surface area contributed by atoms with Gasteiger partial charge in [-0.1, -0.05) is 45.0 Å². The molecule has 0 bridgehead atoms. The molecule has 1 aromatic carbocycles. The summed E-state index contributed by atoms with van der Waals surface area (Å²) in [4.78, 5) is 0. The van der Waals surface area contributed by atoms with E-state index >= 15 is 0 Å². The predicted octanol–water partition coefficient (Wildman–Crippen LogP) is 4.18. The van der Waals surface area contributed by atoms with Crippen molar-refractivity contribution in [3.8, 4) is 0 Å². The van der Waals surface area contributed by atoms with Gasteiger partial charge < -0.3 is 10.1 Å². The lowest BCUT2D eigenvalue weighted by atomic mass is 9.82. The zero-order valence-electron chi connectivity index (χ0n) is 13.9. The number of ether oxygens (including phenoxy) is 1. The van der Waals surface area contributed by atoms with E-state index in [1.54, 1.807) is 0 Å². The lowest BCUT2D eigenvalue weighted by Gasteiger charge is -2.31. The first-order valence-corrected chi connectivity index (χ1v) is 8.57. The molecule has 0 aliphatic heterocycles. The lowest BCUT2D eigenvalue weighted by molar-refractivity contribution is -0.00915. The highest BCUT2D eigenvalue weighted by Gasteiger charge is 2.24. The molecule has 2 unspecified atom stereocenters. The minimum Gasteiger partial charge on any atom is -0.374 e. The summed E-state index contributed by atoms with van der Waals surface area (Å²) in [6.45, 7) is 9.72. The van der Waals surface area contributed by atoms with Gasteiger partial charge in [0.2, 0.25) is 0 Å². The van der Waals surface area contributed by atoms with Gasteiger partial charge in [-0.15, -0.1) is 0 Å². The Hall–Kier alpha value is -0.860. The highest BCUT2D eigenvalue weighted by Crippen LogP contribution is 2.30. The summed E-state index contributed by atoms with van der Waals surface area (Å²) in [5, 5.41) is 3.36. The van der Waals surface area contributed by atoms with E-state index < -0.39 is 0 Å². The number of benzene rings is 1. The molecule has 2 atom stereocenters. The molecule has 0 spiro atoms. The first kappa shape index (κ1) is 16.5. The average Bonchev–Trinajstić information content (AvgIpc) is 2.46. The summed E-state index contributed by atoms with van der Waals surface area (Å²) in [6, 6.07) is 8.91. The molecule has 2 rings (SSSR count). The molecule has 0 aromatic heterocycles. The molecule has 1 aliphatic carbocycles. The van der Waals surface area contributed by atoms with Gasteiger partial charge in [0.05, 0.1) is 12.7 Å². The molecule has 21 heavy (non-hydrogen) atoms. The topological polar surface area (TPSA) is 21.3 Å². The molecule has 118 valence electrons. The van der Waals surface area contributed by atoms with Crippen LogP contribution in [0.2, 0.25) is 0 Å². The van der Waals surface area contributed by atoms with Crippen LogP contribution in [0.4, 0.5) is 0 Å². The van der Waals surface area contributed by atoms with Crippen molar-refractivity contribution < 1.29 is 4.74 Å². The van der Waals surface area contributed by atoms with Gasteiger partial charge in [-0.05, 0) is 61.7 Å². The maximum atomic E-state index is 6.14. The molecule has 0 amide bonds. The van der Waals surface area contributed by atoms with E-state index in [9.17, 15) is 0 Å². The van der Waals surface area contributed by atoms with Crippen LogP contribution in [-0.2, 0) is 17.8 Å². The Morgan fingerprint density at radius 3 is 2.24 bits per heavy atom. The first-order valence-electron chi connectivity index (χ1n) is 8.57. The van der Waals surface area contributed by atoms with Crippen molar-refractivity contribution in [2.24, 2.45) is 11.8 Å². The number of nitrogens with one attached hydrogen (secondary N) is 1. The molecule has 1 aliphatic rings. The molecule has 1 aromatic rings. The Kier molecular flexibility index (Phi) is 6.72. The number of hydrogen-bond donors (Lipinski definition) is 1. The number of hydrogen-bond acceptors (Lipinski definition) is 2. The fraction of sp³-hybridized carbons (Fsp3) is 0.684. The third-order valence-corrected chi connectivity index (χ3v) is 4.48. The van der Waals surface area contributed by atoms with Crippen molar-refractivity contribution in [2.75, 3.05) is 13.1 Å². The van der Waals surface area contributed by atoms with Gasteiger partial charge in [-0.25, -0.2) is 0 Å². The second-order valence-electron chi connectivity index (χ2n) is 6.77. The fourth-order valence-corrected chi connectivity index (χ4v) is 3.43. The Morgan fingerprint density at radius 2 is 1.62 bits per heavy atom. The van der Waals surface area contributed by atoms with Crippen LogP contribution in [0, 0.1) is 11.8 Å². The van der Waals surface area contributed by atoms with Crippen molar-refractivity contribution in [3.63, 3.8) is 0 Å². The monoisotopic (exact) mass is 289 g/mol. The second kappa shape index (κ2) is 8.55. The largest absolute Gasteiger partial charge is 0.374 e. The summed E-state index contributed by atoms with van der Waals surface area (Å²) < 4.78 is 6.14. The summed E-state index contributed by atoms with van der Waals surface area (Å²) in [7, 11) is 0. The standard InChI is InChI=1S/C19H31NO/c1-4-20-10-9-17-5-7-18(8-6-17)14-21-19-12-15(2)11-16(3)13-19/h5-8,15-16,19-20H,4,9-14H2,1-3H3. The van der Waals surface area contributed by atoms with Crippen LogP contribution >= 0.6 is 0 Å². The van der Waals surface area contributed by atoms with Crippen LogP contribution in [-0.4, -0.2) is 19.2 Å². The minimum atomic E-state index is 0.456. The van der Waals surface area contributed by atoms with Crippen LogP contribution in [0.3, 0.4) is 0 Å². The van der Waals surface area contributed by atoms with E-state index in [2.05, 4.69) is 50.4 Å². The van der Waals surface area contributed by atoms with E-state index in [1.165, 1.54) is 30.4 Å². The normalized spacial score (nSPS) is 26.0. The molecule has 2 nitrogen and oxygen atoms in total. The fourth-order valence-electron chi connectivity index (χ4n) is 3.43. The summed E-state index contributed by atoms with van der Waals surface area (Å²) in [5.74, 6) is 1.62. The third-order valence-electron chi connectivity index (χ3n) is 4.48. The molecule has 2 heteroatoms. The molecule has 0 heterocycles. The van der Waals surface area contributed by atoms with Gasteiger partial charge in [-0.2, -0.15) is 0 Å². The average molecular weight is 289 g/mol. The predicted molar refractivity (Wildman–Crippen MR) is 89.4 cm³/mol. The maximum Gasteiger partial charge on any atom is 0.0720 e. The van der Waals surface area contributed by atoms with Gasteiger partial charge >= 0.3 is 0 Å². The van der Waals surface area contributed by atoms with Gasteiger partial charge in [0.1, 0.15) is 0 Å². The van der Waals surface area contributed by atoms with E-state index in [0.717, 1.165) is 38.0 Å². The third kappa shape index (κ3) is 5.80. The van der Waals surface area contributed by atoms with Crippen LogP contribution in [0.5, 0.6) is 0 Å². The SMILES string of the molecule is CCNCCc1ccc(COC2CC(C)CC(C)C2)cc1. The van der Waals surface area contributed by atoms with Gasteiger partial charge in [0.25, 0.3) is 0 Å². The summed E-state index contributed by atoms with van der Waals surface area (Å²) >= 11 is 0. The van der Waals surface area contributed by atoms with Crippen LogP contribution < -0.4 is 5.32 Å². The molecule has 1 saturated carbocycles. The number of likely N-dealkylation sites (N-methyl/N-ethyl adjacent to an activating group) is 1. The van der Waals surface area contributed by atoms with Crippen LogP contribution in [0.15, 0.2) is 24.3 Å². The summed E-state index contributed by atoms with van der Waals surface area (Å²) in [6.07, 6.45) is 5.38. The van der Waals surface area contributed by atoms with Crippen molar-refractivity contribution in [1.82, 2.24) is 5.32 Å². The Morgan fingerprint density at radius 1 is 1.00 bits per heavy atom. The van der Waals surface area contributed by atoms with E-state index in [0.29, 0.717) is 6.10 Å². The Bertz CT molecular complexity index is 391. The Balaban J connectivity index is 1.75. The molecule has 1 N–H and O–H groups in total. The van der Waals surface area contributed by atoms with Gasteiger partial charge in [0.15, 0.2) is 0 Å². The quantitative estimate of drug-likeness (QED) is 0.760. The maximum absolute atomic E-state index is 6.14. The highest BCUT2D eigenvalue weighted by atomic mass is 16.5. The summed E-state index contributed by atoms with van der Waals surface area (Å²) in [5.41, 5.74) is 2.70. The molecule has 0 saturated heterocycles. The second-order valence-corrected chi connectivity index (χ2v) is 6.77. The van der Waals surface area contributed by atoms with Crippen molar-refractivity contribution in [3.05, 3.63) is 35.4 Å². The Labute approximate surface area is 130 Å². The van der Waals surface area contributed by atoms with Crippen molar-refractivity contribution >= 4 is 0 Å². The van der Waals surface area contributed by atoms with E-state index in [4.69, 9.17) is 4.74 Å². The highest BCUT2D eigenvalue weighted by molar-refractivity contribution is 5.22. The first-order chi connectivity index (χ1) is 10.2. The zero-order chi connectivity index (χ0) is 15.1. The van der Waals surface area contributed by atoms with Crippen LogP contribution in [0.25, 0.3) is 0 Å². The van der Waals surface area contributed by atoms with Gasteiger partial charge in [0, 0.05) is 0 Å². The zero-order valence-corrected chi connectivity index (χ0v) is 13.9. The molecule has 1 fully saturated rings. The van der Waals surface area contributed by atoms with E-state index in [1.807, 2.05) is 0 Å². The lowest BCUT2D eigenvalue weighted by Crippen LogP contribution is -2.26. The van der Waals surface area contributed by atoms with E-state index in [-0.39, 0.29) is 0 Å². The van der Waals surface area contributed by atoms with Crippen molar-refractivity contribution in [1.29, 1.82) is 0 Å².